The van der Waals surface area contributed by atoms with Crippen molar-refractivity contribution in [2.45, 2.75) is 11.8 Å². The molecule has 0 spiro atoms. The Morgan fingerprint density at radius 1 is 1.20 bits per heavy atom. The first-order valence-electron chi connectivity index (χ1n) is 6.12. The van der Waals surface area contributed by atoms with Crippen LogP contribution in [0.1, 0.15) is 16.5 Å². The van der Waals surface area contributed by atoms with Crippen LogP contribution in [0.25, 0.3) is 0 Å². The molecule has 0 aliphatic carbocycles. The number of alkyl halides is 1. The number of methoxy groups -OCH3 is 1. The third kappa shape index (κ3) is 3.27. The van der Waals surface area contributed by atoms with Gasteiger partial charge in [0, 0.05) is 17.7 Å². The molecule has 2 rings (SSSR count). The second-order valence-electron chi connectivity index (χ2n) is 4.34. The van der Waals surface area contributed by atoms with E-state index in [2.05, 4.69) is 0 Å². The number of halogens is 1. The predicted octanol–water partition coefficient (Wildman–Crippen LogP) is 4.13. The molecular weight excluding hydrogens is 278 g/mol. The minimum absolute atomic E-state index is 0.0807. The highest BCUT2D eigenvalue weighted by atomic mass is 35.5. The molecule has 1 atom stereocenters. The van der Waals surface area contributed by atoms with Crippen LogP contribution in [0.15, 0.2) is 48.5 Å². The first-order chi connectivity index (χ1) is 9.61. The Morgan fingerprint density at radius 2 is 1.85 bits per heavy atom. The van der Waals surface area contributed by atoms with Gasteiger partial charge in [0.15, 0.2) is 0 Å². The number of rotatable bonds is 5. The van der Waals surface area contributed by atoms with Crippen molar-refractivity contribution in [3.63, 3.8) is 0 Å². The number of para-hydroxylation sites is 1. The number of benzene rings is 2. The van der Waals surface area contributed by atoms with Gasteiger partial charge in [-0.2, -0.15) is 0 Å². The van der Waals surface area contributed by atoms with Crippen LogP contribution in [0.3, 0.4) is 0 Å². The van der Waals surface area contributed by atoms with Crippen molar-refractivity contribution in [3.8, 4) is 5.75 Å². The SMILES string of the molecule is COc1ccccc1C(Cl)Cc1ccc([N+](=O)[O-])cc1. The lowest BCUT2D eigenvalue weighted by Gasteiger charge is -2.13. The van der Waals surface area contributed by atoms with E-state index in [1.54, 1.807) is 19.2 Å². The maximum atomic E-state index is 10.6. The summed E-state index contributed by atoms with van der Waals surface area (Å²) >= 11 is 6.41. The van der Waals surface area contributed by atoms with E-state index < -0.39 is 4.92 Å². The van der Waals surface area contributed by atoms with Crippen LogP contribution in [-0.4, -0.2) is 12.0 Å². The topological polar surface area (TPSA) is 52.4 Å². The minimum Gasteiger partial charge on any atom is -0.496 e. The van der Waals surface area contributed by atoms with Crippen molar-refractivity contribution in [2.75, 3.05) is 7.11 Å². The van der Waals surface area contributed by atoms with Crippen LogP contribution < -0.4 is 4.74 Å². The lowest BCUT2D eigenvalue weighted by atomic mass is 10.0. The summed E-state index contributed by atoms with van der Waals surface area (Å²) in [7, 11) is 1.61. The summed E-state index contributed by atoms with van der Waals surface area (Å²) < 4.78 is 5.28. The van der Waals surface area contributed by atoms with E-state index >= 15 is 0 Å². The Kier molecular flexibility index (Phi) is 4.58. The van der Waals surface area contributed by atoms with Gasteiger partial charge in [0.2, 0.25) is 0 Å². The smallest absolute Gasteiger partial charge is 0.269 e. The molecule has 0 aromatic heterocycles. The highest BCUT2D eigenvalue weighted by molar-refractivity contribution is 6.21. The Bertz CT molecular complexity index is 598. The lowest BCUT2D eigenvalue weighted by molar-refractivity contribution is -0.384. The fourth-order valence-electron chi connectivity index (χ4n) is 2.00. The van der Waals surface area contributed by atoms with Crippen molar-refractivity contribution < 1.29 is 9.66 Å². The summed E-state index contributed by atoms with van der Waals surface area (Å²) in [5.74, 6) is 0.745. The molecule has 0 saturated carbocycles. The van der Waals surface area contributed by atoms with Crippen molar-refractivity contribution in [1.82, 2.24) is 0 Å². The molecule has 0 fully saturated rings. The molecular formula is C15H14ClNO3. The molecule has 1 unspecified atom stereocenters. The fourth-order valence-corrected chi connectivity index (χ4v) is 2.35. The second-order valence-corrected chi connectivity index (χ2v) is 4.86. The molecule has 104 valence electrons. The molecule has 4 nitrogen and oxygen atoms in total. The van der Waals surface area contributed by atoms with Crippen molar-refractivity contribution in [1.29, 1.82) is 0 Å². The average Bonchev–Trinajstić information content (AvgIpc) is 2.47. The zero-order valence-corrected chi connectivity index (χ0v) is 11.7. The number of ether oxygens (including phenoxy) is 1. The van der Waals surface area contributed by atoms with Gasteiger partial charge in [0.25, 0.3) is 5.69 Å². The normalized spacial score (nSPS) is 11.9. The predicted molar refractivity (Wildman–Crippen MR) is 78.4 cm³/mol. The maximum absolute atomic E-state index is 10.6. The number of hydrogen-bond donors (Lipinski definition) is 0. The molecule has 2 aromatic rings. The molecule has 0 aliphatic heterocycles. The van der Waals surface area contributed by atoms with Gasteiger partial charge in [0.1, 0.15) is 5.75 Å². The minimum atomic E-state index is -0.415. The van der Waals surface area contributed by atoms with E-state index in [1.807, 2.05) is 24.3 Å². The number of nitrogens with zero attached hydrogens (tertiary/aromatic N) is 1. The van der Waals surface area contributed by atoms with E-state index in [0.29, 0.717) is 6.42 Å². The Labute approximate surface area is 122 Å². The number of nitro benzene ring substituents is 1. The van der Waals surface area contributed by atoms with Crippen LogP contribution >= 0.6 is 11.6 Å². The summed E-state index contributed by atoms with van der Waals surface area (Å²) in [6, 6.07) is 14.0. The third-order valence-electron chi connectivity index (χ3n) is 3.04. The highest BCUT2D eigenvalue weighted by Crippen LogP contribution is 2.32. The maximum Gasteiger partial charge on any atom is 0.269 e. The van der Waals surface area contributed by atoms with Crippen molar-refractivity contribution in [2.24, 2.45) is 0 Å². The third-order valence-corrected chi connectivity index (χ3v) is 3.43. The largest absolute Gasteiger partial charge is 0.496 e. The molecule has 0 heterocycles. The van der Waals surface area contributed by atoms with Crippen molar-refractivity contribution >= 4 is 17.3 Å². The Morgan fingerprint density at radius 3 is 2.45 bits per heavy atom. The molecule has 0 amide bonds. The van der Waals surface area contributed by atoms with Gasteiger partial charge >= 0.3 is 0 Å². The van der Waals surface area contributed by atoms with Crippen LogP contribution in [0.5, 0.6) is 5.75 Å². The quantitative estimate of drug-likeness (QED) is 0.473. The standard InChI is InChI=1S/C15H14ClNO3/c1-20-15-5-3-2-4-13(15)14(16)10-11-6-8-12(9-7-11)17(18)19/h2-9,14H,10H2,1H3. The number of non-ortho nitro benzene ring substituents is 1. The summed E-state index contributed by atoms with van der Waals surface area (Å²) in [6.45, 7) is 0. The molecule has 0 radical (unpaired) electrons. The molecule has 20 heavy (non-hydrogen) atoms. The molecule has 2 aromatic carbocycles. The van der Waals surface area contributed by atoms with Gasteiger partial charge in [-0.05, 0) is 18.1 Å². The van der Waals surface area contributed by atoms with Gasteiger partial charge in [0.05, 0.1) is 17.4 Å². The first-order valence-corrected chi connectivity index (χ1v) is 6.55. The van der Waals surface area contributed by atoms with E-state index in [-0.39, 0.29) is 11.1 Å². The highest BCUT2D eigenvalue weighted by Gasteiger charge is 2.14. The monoisotopic (exact) mass is 291 g/mol. The fraction of sp³-hybridized carbons (Fsp3) is 0.200. The molecule has 0 bridgehead atoms. The summed E-state index contributed by atoms with van der Waals surface area (Å²) in [6.07, 6.45) is 0.583. The van der Waals surface area contributed by atoms with E-state index in [9.17, 15) is 10.1 Å². The summed E-state index contributed by atoms with van der Waals surface area (Å²) in [5.41, 5.74) is 1.94. The number of hydrogen-bond acceptors (Lipinski definition) is 3. The molecule has 0 saturated heterocycles. The van der Waals surface area contributed by atoms with E-state index in [1.165, 1.54) is 12.1 Å². The lowest BCUT2D eigenvalue weighted by Crippen LogP contribution is -1.99. The Balaban J connectivity index is 2.14. The van der Waals surface area contributed by atoms with Crippen LogP contribution in [-0.2, 0) is 6.42 Å². The van der Waals surface area contributed by atoms with Crippen molar-refractivity contribution in [3.05, 3.63) is 69.8 Å². The van der Waals surface area contributed by atoms with Gasteiger partial charge in [-0.25, -0.2) is 0 Å². The van der Waals surface area contributed by atoms with E-state index in [0.717, 1.165) is 16.9 Å². The van der Waals surface area contributed by atoms with Crippen LogP contribution in [0.4, 0.5) is 5.69 Å². The second kappa shape index (κ2) is 6.39. The molecule has 0 N–H and O–H groups in total. The molecule has 0 aliphatic rings. The van der Waals surface area contributed by atoms with Gasteiger partial charge in [-0.1, -0.05) is 30.3 Å². The summed E-state index contributed by atoms with van der Waals surface area (Å²) in [5, 5.41) is 10.4. The van der Waals surface area contributed by atoms with Gasteiger partial charge in [-0.15, -0.1) is 11.6 Å². The zero-order valence-electron chi connectivity index (χ0n) is 11.0. The number of nitro groups is 1. The van der Waals surface area contributed by atoms with Crippen LogP contribution in [0, 0.1) is 10.1 Å². The van der Waals surface area contributed by atoms with Gasteiger partial charge in [-0.3, -0.25) is 10.1 Å². The van der Waals surface area contributed by atoms with E-state index in [4.69, 9.17) is 16.3 Å². The zero-order chi connectivity index (χ0) is 14.5. The average molecular weight is 292 g/mol. The van der Waals surface area contributed by atoms with Crippen LogP contribution in [0.2, 0.25) is 0 Å². The Hall–Kier alpha value is -2.07. The first kappa shape index (κ1) is 14.3. The van der Waals surface area contributed by atoms with Gasteiger partial charge < -0.3 is 4.74 Å². The summed E-state index contributed by atoms with van der Waals surface area (Å²) in [4.78, 5) is 10.2. The molecule has 5 heteroatoms.